The lowest BCUT2D eigenvalue weighted by Gasteiger charge is -2.31. The first kappa shape index (κ1) is 22.7. The summed E-state index contributed by atoms with van der Waals surface area (Å²) in [5.74, 6) is -0.137. The number of halogens is 2. The normalized spacial score (nSPS) is 17.3. The second-order valence-corrected chi connectivity index (χ2v) is 10.6. The van der Waals surface area contributed by atoms with E-state index in [1.165, 1.54) is 29.1 Å². The molecular formula is C21H22ClFN8O2S. The van der Waals surface area contributed by atoms with Gasteiger partial charge >= 0.3 is 0 Å². The van der Waals surface area contributed by atoms with E-state index in [-0.39, 0.29) is 16.8 Å². The van der Waals surface area contributed by atoms with E-state index in [1.54, 1.807) is 23.9 Å². The topological polar surface area (TPSA) is 122 Å². The zero-order chi connectivity index (χ0) is 23.9. The summed E-state index contributed by atoms with van der Waals surface area (Å²) in [5.41, 5.74) is 1.18. The molecule has 0 radical (unpaired) electrons. The average molecular weight is 505 g/mol. The van der Waals surface area contributed by atoms with Crippen molar-refractivity contribution in [2.24, 2.45) is 13.0 Å². The van der Waals surface area contributed by atoms with Crippen LogP contribution in [0, 0.1) is 11.9 Å². The SMILES string of the molecule is Cn1cnc(S(=O)(=O)N2CCC[C@H](CNc3cc(F)nc(-c4c[nH]c5ncc(Cl)cc45)n3)C2)c1. The molecule has 0 amide bonds. The zero-order valence-electron chi connectivity index (χ0n) is 18.2. The molecule has 13 heteroatoms. The maximum Gasteiger partial charge on any atom is 0.262 e. The molecule has 1 fully saturated rings. The minimum atomic E-state index is -3.66. The Morgan fingerprint density at radius 2 is 2.15 bits per heavy atom. The van der Waals surface area contributed by atoms with E-state index >= 15 is 0 Å². The number of fused-ring (bicyclic) bond motifs is 1. The minimum Gasteiger partial charge on any atom is -0.370 e. The summed E-state index contributed by atoms with van der Waals surface area (Å²) in [6.45, 7) is 1.23. The Morgan fingerprint density at radius 1 is 1.29 bits per heavy atom. The molecule has 10 nitrogen and oxygen atoms in total. The zero-order valence-corrected chi connectivity index (χ0v) is 19.8. The van der Waals surface area contributed by atoms with Gasteiger partial charge in [0.05, 0.1) is 11.3 Å². The van der Waals surface area contributed by atoms with Crippen LogP contribution in [0.4, 0.5) is 10.2 Å². The number of hydrogen-bond donors (Lipinski definition) is 2. The Morgan fingerprint density at radius 3 is 2.94 bits per heavy atom. The molecule has 34 heavy (non-hydrogen) atoms. The van der Waals surface area contributed by atoms with Crippen molar-refractivity contribution in [1.29, 1.82) is 0 Å². The van der Waals surface area contributed by atoms with Crippen molar-refractivity contribution in [3.05, 3.63) is 48.0 Å². The number of aromatic amines is 1. The number of nitrogens with zero attached hydrogens (tertiary/aromatic N) is 6. The van der Waals surface area contributed by atoms with Crippen LogP contribution in [-0.2, 0) is 17.1 Å². The summed E-state index contributed by atoms with van der Waals surface area (Å²) >= 11 is 6.06. The summed E-state index contributed by atoms with van der Waals surface area (Å²) < 4.78 is 43.2. The second kappa shape index (κ2) is 8.93. The van der Waals surface area contributed by atoms with Gasteiger partial charge in [0, 0.05) is 62.3 Å². The highest BCUT2D eigenvalue weighted by Crippen LogP contribution is 2.28. The van der Waals surface area contributed by atoms with Crippen LogP contribution in [0.1, 0.15) is 12.8 Å². The van der Waals surface area contributed by atoms with Crippen LogP contribution in [0.15, 0.2) is 42.1 Å². The Kier molecular flexibility index (Phi) is 5.96. The van der Waals surface area contributed by atoms with E-state index in [4.69, 9.17) is 11.6 Å². The number of pyridine rings is 1. The van der Waals surface area contributed by atoms with Gasteiger partial charge in [0.25, 0.3) is 10.0 Å². The van der Waals surface area contributed by atoms with Crippen LogP contribution in [0.2, 0.25) is 5.02 Å². The summed E-state index contributed by atoms with van der Waals surface area (Å²) in [7, 11) is -1.93. The first-order valence-corrected chi connectivity index (χ1v) is 12.5. The molecule has 2 N–H and O–H groups in total. The maximum atomic E-state index is 14.3. The van der Waals surface area contributed by atoms with E-state index in [0.717, 1.165) is 12.8 Å². The van der Waals surface area contributed by atoms with Crippen LogP contribution in [0.5, 0.6) is 0 Å². The fraction of sp³-hybridized carbons (Fsp3) is 0.333. The van der Waals surface area contributed by atoms with Gasteiger partial charge in [0.15, 0.2) is 10.9 Å². The van der Waals surface area contributed by atoms with Crippen molar-refractivity contribution >= 4 is 38.5 Å². The smallest absolute Gasteiger partial charge is 0.262 e. The molecule has 1 aliphatic heterocycles. The number of imidazole rings is 1. The highest BCUT2D eigenvalue weighted by molar-refractivity contribution is 7.89. The standard InChI is InChI=1S/C21H22ClFN8O2S/c1-30-11-19(27-12-30)34(32,33)31-4-2-3-13(10-31)7-24-18-6-17(23)28-21(29-18)16-9-26-20-15(16)5-14(22)8-25-20/h5-6,8-9,11-13H,2-4,7,10H2,1H3,(H,25,26)(H,24,28,29)/t13-/m1/s1. The molecule has 0 aromatic carbocycles. The number of H-pyrrole nitrogens is 1. The molecule has 5 rings (SSSR count). The predicted molar refractivity (Wildman–Crippen MR) is 125 cm³/mol. The molecule has 0 aliphatic carbocycles. The van der Waals surface area contributed by atoms with E-state index in [2.05, 4.69) is 30.2 Å². The van der Waals surface area contributed by atoms with E-state index in [1.807, 2.05) is 0 Å². The quantitative estimate of drug-likeness (QED) is 0.387. The van der Waals surface area contributed by atoms with Gasteiger partial charge in [0.1, 0.15) is 11.5 Å². The monoisotopic (exact) mass is 504 g/mol. The first-order chi connectivity index (χ1) is 16.3. The fourth-order valence-corrected chi connectivity index (χ4v) is 5.79. The summed E-state index contributed by atoms with van der Waals surface area (Å²) in [4.78, 5) is 19.6. The van der Waals surface area contributed by atoms with Crippen molar-refractivity contribution in [2.45, 2.75) is 17.9 Å². The molecular weight excluding hydrogens is 483 g/mol. The Hall–Kier alpha value is -3.09. The van der Waals surface area contributed by atoms with Crippen molar-refractivity contribution in [3.8, 4) is 11.4 Å². The number of sulfonamides is 1. The number of anilines is 1. The number of piperidine rings is 1. The molecule has 1 saturated heterocycles. The number of aryl methyl sites for hydroxylation is 1. The van der Waals surface area contributed by atoms with E-state index in [9.17, 15) is 12.8 Å². The summed E-state index contributed by atoms with van der Waals surface area (Å²) in [6, 6.07) is 2.94. The second-order valence-electron chi connectivity index (χ2n) is 8.28. The highest BCUT2D eigenvalue weighted by Gasteiger charge is 2.31. The van der Waals surface area contributed by atoms with Gasteiger partial charge < -0.3 is 14.9 Å². The molecule has 0 saturated carbocycles. The summed E-state index contributed by atoms with van der Waals surface area (Å²) in [5, 5.41) is 4.33. The molecule has 1 aliphatic rings. The van der Waals surface area contributed by atoms with Crippen LogP contribution in [0.25, 0.3) is 22.4 Å². The Balaban J connectivity index is 1.31. The number of hydrogen-bond acceptors (Lipinski definition) is 7. The number of rotatable bonds is 6. The first-order valence-electron chi connectivity index (χ1n) is 10.7. The molecule has 1 atom stereocenters. The molecule has 0 unspecified atom stereocenters. The lowest BCUT2D eigenvalue weighted by molar-refractivity contribution is 0.274. The van der Waals surface area contributed by atoms with Crippen LogP contribution in [0.3, 0.4) is 0 Å². The van der Waals surface area contributed by atoms with Crippen LogP contribution < -0.4 is 5.32 Å². The minimum absolute atomic E-state index is 0.0322. The average Bonchev–Trinajstić information content (AvgIpc) is 3.44. The third-order valence-electron chi connectivity index (χ3n) is 5.77. The lowest BCUT2D eigenvalue weighted by Crippen LogP contribution is -2.41. The summed E-state index contributed by atoms with van der Waals surface area (Å²) in [6.07, 6.45) is 7.71. The Labute approximate surface area is 200 Å². The van der Waals surface area contributed by atoms with Crippen molar-refractivity contribution < 1.29 is 12.8 Å². The molecule has 5 heterocycles. The Bertz CT molecular complexity index is 1450. The van der Waals surface area contributed by atoms with Crippen molar-refractivity contribution in [1.82, 2.24) is 33.8 Å². The largest absolute Gasteiger partial charge is 0.370 e. The van der Waals surface area contributed by atoms with Gasteiger partial charge in [-0.3, -0.25) is 0 Å². The fourth-order valence-electron chi connectivity index (χ4n) is 4.11. The van der Waals surface area contributed by atoms with Crippen LogP contribution >= 0.6 is 11.6 Å². The van der Waals surface area contributed by atoms with Crippen molar-refractivity contribution in [3.63, 3.8) is 0 Å². The molecule has 4 aromatic rings. The molecule has 178 valence electrons. The highest BCUT2D eigenvalue weighted by atomic mass is 35.5. The van der Waals surface area contributed by atoms with Gasteiger partial charge in [-0.05, 0) is 24.8 Å². The van der Waals surface area contributed by atoms with Gasteiger partial charge in [-0.1, -0.05) is 11.6 Å². The van der Waals surface area contributed by atoms with Gasteiger partial charge in [-0.2, -0.15) is 13.7 Å². The predicted octanol–water partition coefficient (Wildman–Crippen LogP) is 3.06. The third-order valence-corrected chi connectivity index (χ3v) is 7.73. The van der Waals surface area contributed by atoms with Crippen LogP contribution in [-0.4, -0.2) is 61.8 Å². The van der Waals surface area contributed by atoms with Gasteiger partial charge in [-0.15, -0.1) is 0 Å². The van der Waals surface area contributed by atoms with E-state index < -0.39 is 16.0 Å². The van der Waals surface area contributed by atoms with Gasteiger partial charge in [-0.25, -0.2) is 23.4 Å². The maximum absolute atomic E-state index is 14.3. The lowest BCUT2D eigenvalue weighted by atomic mass is 10.00. The molecule has 0 spiro atoms. The number of aromatic nitrogens is 6. The van der Waals surface area contributed by atoms with Gasteiger partial charge in [0.2, 0.25) is 5.95 Å². The van der Waals surface area contributed by atoms with E-state index in [0.29, 0.717) is 47.1 Å². The third kappa shape index (κ3) is 4.48. The molecule has 0 bridgehead atoms. The number of nitrogens with one attached hydrogen (secondary N) is 2. The van der Waals surface area contributed by atoms with Crippen molar-refractivity contribution in [2.75, 3.05) is 25.0 Å². The molecule has 4 aromatic heterocycles.